The topological polar surface area (TPSA) is 67.2 Å². The van der Waals surface area contributed by atoms with Gasteiger partial charge in [0, 0.05) is 24.4 Å². The quantitative estimate of drug-likeness (QED) is 0.907. The molecule has 6 heteroatoms. The molecular weight excluding hydrogens is 297 g/mol. The van der Waals surface area contributed by atoms with E-state index in [9.17, 15) is 14.3 Å². The number of carbonyl (C=O) groups is 1. The van der Waals surface area contributed by atoms with E-state index in [1.165, 1.54) is 12.1 Å². The number of carbonyl (C=O) groups excluding carboxylic acids is 1. The minimum atomic E-state index is -0.394. The van der Waals surface area contributed by atoms with Crippen LogP contribution in [0.5, 0.6) is 0 Å². The molecule has 23 heavy (non-hydrogen) atoms. The minimum Gasteiger partial charge on any atom is -0.393 e. The van der Waals surface area contributed by atoms with E-state index in [0.717, 1.165) is 5.56 Å². The van der Waals surface area contributed by atoms with Crippen LogP contribution in [0.25, 0.3) is 0 Å². The third-order valence-corrected chi connectivity index (χ3v) is 4.50. The molecule has 0 radical (unpaired) electrons. The van der Waals surface area contributed by atoms with Crippen LogP contribution < -0.4 is 5.32 Å². The number of nitrogens with one attached hydrogen (secondary N) is 1. The van der Waals surface area contributed by atoms with Gasteiger partial charge >= 0.3 is 0 Å². The Labute approximate surface area is 134 Å². The highest BCUT2D eigenvalue weighted by atomic mass is 19.1. The highest BCUT2D eigenvalue weighted by molar-refractivity contribution is 5.95. The van der Waals surface area contributed by atoms with E-state index in [4.69, 9.17) is 0 Å². The molecule has 0 bridgehead atoms. The number of aliphatic hydroxyl groups excluding tert-OH is 1. The summed E-state index contributed by atoms with van der Waals surface area (Å²) in [6.07, 6.45) is 4.54. The monoisotopic (exact) mass is 317 g/mol. The van der Waals surface area contributed by atoms with Gasteiger partial charge in [0.1, 0.15) is 5.82 Å². The van der Waals surface area contributed by atoms with Gasteiger partial charge < -0.3 is 10.4 Å². The van der Waals surface area contributed by atoms with Crippen molar-refractivity contribution in [1.82, 2.24) is 15.1 Å². The fourth-order valence-corrected chi connectivity index (χ4v) is 3.05. The maximum Gasteiger partial charge on any atom is 0.252 e. The summed E-state index contributed by atoms with van der Waals surface area (Å²) in [6, 6.07) is 4.25. The summed E-state index contributed by atoms with van der Waals surface area (Å²) < 4.78 is 15.3. The summed E-state index contributed by atoms with van der Waals surface area (Å²) in [7, 11) is 1.81. The Morgan fingerprint density at radius 2 is 2.22 bits per heavy atom. The van der Waals surface area contributed by atoms with E-state index >= 15 is 0 Å². The van der Waals surface area contributed by atoms with Crippen LogP contribution in [0.1, 0.15) is 40.4 Å². The molecule has 1 fully saturated rings. The molecule has 3 rings (SSSR count). The normalized spacial score (nSPS) is 21.6. The van der Waals surface area contributed by atoms with Crippen molar-refractivity contribution in [3.05, 3.63) is 53.1 Å². The predicted octanol–water partition coefficient (Wildman–Crippen LogP) is 2.11. The van der Waals surface area contributed by atoms with Crippen molar-refractivity contribution in [2.24, 2.45) is 13.0 Å². The average Bonchev–Trinajstić information content (AvgIpc) is 2.91. The molecule has 1 heterocycles. The van der Waals surface area contributed by atoms with Crippen LogP contribution in [0.2, 0.25) is 0 Å². The van der Waals surface area contributed by atoms with E-state index in [0.29, 0.717) is 24.0 Å². The Balaban J connectivity index is 1.83. The first kappa shape index (κ1) is 15.7. The first-order valence-corrected chi connectivity index (χ1v) is 7.68. The van der Waals surface area contributed by atoms with E-state index in [1.807, 2.05) is 13.2 Å². The molecule has 1 aromatic carbocycles. The zero-order valence-electron chi connectivity index (χ0n) is 13.2. The fourth-order valence-electron chi connectivity index (χ4n) is 3.05. The fraction of sp³-hybridized carbons (Fsp3) is 0.412. The number of rotatable bonds is 4. The van der Waals surface area contributed by atoms with Gasteiger partial charge in [-0.2, -0.15) is 5.10 Å². The third kappa shape index (κ3) is 3.12. The van der Waals surface area contributed by atoms with Crippen molar-refractivity contribution in [3.63, 3.8) is 0 Å². The van der Waals surface area contributed by atoms with Gasteiger partial charge in [-0.25, -0.2) is 4.39 Å². The predicted molar refractivity (Wildman–Crippen MR) is 83.3 cm³/mol. The van der Waals surface area contributed by atoms with Gasteiger partial charge in [0.2, 0.25) is 0 Å². The summed E-state index contributed by atoms with van der Waals surface area (Å²) >= 11 is 0. The van der Waals surface area contributed by atoms with Crippen LogP contribution in [0.4, 0.5) is 4.39 Å². The van der Waals surface area contributed by atoms with E-state index < -0.39 is 5.82 Å². The summed E-state index contributed by atoms with van der Waals surface area (Å²) in [5.74, 6) is -0.543. The number of amides is 1. The largest absolute Gasteiger partial charge is 0.393 e. The molecule has 5 nitrogen and oxygen atoms in total. The average molecular weight is 317 g/mol. The standard InChI is InChI=1S/C17H20FN3O2/c1-10-14(4-3-5-15(10)18)17(23)20-16(11-6-13(22)7-11)12-8-19-21(2)9-12/h3-5,8-9,11,13,16,22H,6-7H2,1-2H3,(H,20,23)/t11?,13?,16-/m1/s1. The molecule has 0 unspecified atom stereocenters. The van der Waals surface area contributed by atoms with Crippen molar-refractivity contribution in [2.75, 3.05) is 0 Å². The lowest BCUT2D eigenvalue weighted by Gasteiger charge is -2.37. The molecule has 2 aromatic rings. The van der Waals surface area contributed by atoms with Crippen molar-refractivity contribution in [1.29, 1.82) is 0 Å². The maximum absolute atomic E-state index is 13.7. The highest BCUT2D eigenvalue weighted by Crippen LogP contribution is 2.38. The highest BCUT2D eigenvalue weighted by Gasteiger charge is 2.36. The molecule has 1 aliphatic carbocycles. The number of hydrogen-bond donors (Lipinski definition) is 2. The zero-order chi connectivity index (χ0) is 16.6. The van der Waals surface area contributed by atoms with Crippen LogP contribution >= 0.6 is 0 Å². The summed E-state index contributed by atoms with van der Waals surface area (Å²) in [6.45, 7) is 1.59. The SMILES string of the molecule is Cc1c(F)cccc1C(=O)N[C@@H](c1cnn(C)c1)C1CC(O)C1. The number of nitrogens with zero attached hydrogens (tertiary/aromatic N) is 2. The van der Waals surface area contributed by atoms with Crippen LogP contribution in [0, 0.1) is 18.7 Å². The number of aromatic nitrogens is 2. The number of halogens is 1. The zero-order valence-corrected chi connectivity index (χ0v) is 13.2. The first-order valence-electron chi connectivity index (χ1n) is 7.68. The Morgan fingerprint density at radius 1 is 1.48 bits per heavy atom. The molecule has 2 N–H and O–H groups in total. The van der Waals surface area contributed by atoms with Crippen molar-refractivity contribution in [3.8, 4) is 0 Å². The molecule has 0 aliphatic heterocycles. The van der Waals surface area contributed by atoms with Gasteiger partial charge in [0.05, 0.1) is 18.3 Å². The van der Waals surface area contributed by atoms with Gasteiger partial charge in [-0.05, 0) is 43.4 Å². The Hall–Kier alpha value is -2.21. The second-order valence-corrected chi connectivity index (χ2v) is 6.20. The van der Waals surface area contributed by atoms with Crippen LogP contribution in [-0.2, 0) is 7.05 Å². The third-order valence-electron chi connectivity index (χ3n) is 4.50. The summed E-state index contributed by atoms with van der Waals surface area (Å²) in [5.41, 5.74) is 1.56. The first-order chi connectivity index (χ1) is 11.0. The maximum atomic E-state index is 13.7. The number of hydrogen-bond acceptors (Lipinski definition) is 3. The van der Waals surface area contributed by atoms with Crippen molar-refractivity contribution >= 4 is 5.91 Å². The lowest BCUT2D eigenvalue weighted by atomic mass is 9.75. The lowest BCUT2D eigenvalue weighted by Crippen LogP contribution is -2.41. The van der Waals surface area contributed by atoms with Crippen molar-refractivity contribution < 1.29 is 14.3 Å². The molecule has 1 aromatic heterocycles. The Bertz CT molecular complexity index is 722. The van der Waals surface area contributed by atoms with E-state index in [2.05, 4.69) is 10.4 Å². The van der Waals surface area contributed by atoms with Gasteiger partial charge in [-0.15, -0.1) is 0 Å². The molecule has 1 aliphatic rings. The Morgan fingerprint density at radius 3 is 2.83 bits per heavy atom. The van der Waals surface area contributed by atoms with E-state index in [-0.39, 0.29) is 24.0 Å². The molecule has 1 saturated carbocycles. The van der Waals surface area contributed by atoms with Gasteiger partial charge in [0.15, 0.2) is 0 Å². The number of aryl methyl sites for hydroxylation is 1. The smallest absolute Gasteiger partial charge is 0.252 e. The number of aliphatic hydroxyl groups is 1. The second kappa shape index (κ2) is 6.12. The molecule has 122 valence electrons. The van der Waals surface area contributed by atoms with Crippen LogP contribution in [-0.4, -0.2) is 26.9 Å². The van der Waals surface area contributed by atoms with Crippen LogP contribution in [0.15, 0.2) is 30.6 Å². The van der Waals surface area contributed by atoms with Crippen LogP contribution in [0.3, 0.4) is 0 Å². The van der Waals surface area contributed by atoms with Crippen molar-refractivity contribution in [2.45, 2.75) is 31.9 Å². The molecule has 1 amide bonds. The lowest BCUT2D eigenvalue weighted by molar-refractivity contribution is 0.0235. The van der Waals surface area contributed by atoms with E-state index in [1.54, 1.807) is 23.9 Å². The van der Waals surface area contributed by atoms with Gasteiger partial charge in [-0.3, -0.25) is 9.48 Å². The summed E-state index contributed by atoms with van der Waals surface area (Å²) in [4.78, 5) is 12.6. The van der Waals surface area contributed by atoms with Gasteiger partial charge in [0.25, 0.3) is 5.91 Å². The molecular formula is C17H20FN3O2. The minimum absolute atomic E-state index is 0.159. The molecule has 0 spiro atoms. The molecule has 0 saturated heterocycles. The van der Waals surface area contributed by atoms with Gasteiger partial charge in [-0.1, -0.05) is 6.07 Å². The number of benzene rings is 1. The molecule has 1 atom stereocenters. The summed E-state index contributed by atoms with van der Waals surface area (Å²) in [5, 5.41) is 16.7. The second-order valence-electron chi connectivity index (χ2n) is 6.20. The Kier molecular flexibility index (Phi) is 4.17.